The summed E-state index contributed by atoms with van der Waals surface area (Å²) >= 11 is 0. The maximum absolute atomic E-state index is 9.73. The maximum atomic E-state index is 9.73. The van der Waals surface area contributed by atoms with Crippen LogP contribution in [0.5, 0.6) is 0 Å². The molecule has 6 unspecified atom stereocenters. The molecule has 6 N–H and O–H groups in total. The van der Waals surface area contributed by atoms with E-state index in [2.05, 4.69) is 20.8 Å². The normalized spacial score (nSPS) is 18.0. The van der Waals surface area contributed by atoms with Crippen molar-refractivity contribution in [3.63, 3.8) is 0 Å². The second-order valence-corrected chi connectivity index (χ2v) is 16.9. The number of hydrogen-bond donors (Lipinski definition) is 6. The number of hydrogen-bond acceptors (Lipinski definition) is 6. The molecule has 0 amide bonds. The van der Waals surface area contributed by atoms with Crippen molar-refractivity contribution in [3.05, 3.63) is 20.8 Å². The summed E-state index contributed by atoms with van der Waals surface area (Å²) in [7, 11) is 0. The van der Waals surface area contributed by atoms with Crippen LogP contribution in [0.4, 0.5) is 0 Å². The Morgan fingerprint density at radius 3 is 0.550 bits per heavy atom. The van der Waals surface area contributed by atoms with Gasteiger partial charge in [0.15, 0.2) is 0 Å². The van der Waals surface area contributed by atoms with Gasteiger partial charge in [-0.05, 0) is 35.5 Å². The fraction of sp³-hybridized carbons (Fsp3) is 0.909. The minimum absolute atomic E-state index is 0. The quantitative estimate of drug-likeness (QED) is 0.163. The van der Waals surface area contributed by atoms with Gasteiger partial charge in [0.05, 0.1) is 18.3 Å². The molecule has 245 valence electrons. The van der Waals surface area contributed by atoms with Gasteiger partial charge in [-0.1, -0.05) is 104 Å². The van der Waals surface area contributed by atoms with Gasteiger partial charge in [-0.15, -0.1) is 16.2 Å². The maximum Gasteiger partial charge on any atom is 3.00 e. The standard InChI is InChI=1S/3C11H23O2.Gd/c3*1-10(2,3)8(12)7-9(13)11(4,5)6;/h3*8-9,12-13H,1,7H2,2-6H3;/q3*-1;+3. The molecule has 0 saturated heterocycles. The van der Waals surface area contributed by atoms with Crippen LogP contribution in [0.25, 0.3) is 0 Å². The molecule has 0 spiro atoms. The van der Waals surface area contributed by atoms with Crippen molar-refractivity contribution in [1.82, 2.24) is 0 Å². The van der Waals surface area contributed by atoms with E-state index < -0.39 is 52.9 Å². The van der Waals surface area contributed by atoms with Crippen molar-refractivity contribution >= 4 is 0 Å². The second kappa shape index (κ2) is 18.1. The third-order valence-electron chi connectivity index (χ3n) is 7.04. The van der Waals surface area contributed by atoms with Crippen molar-refractivity contribution < 1.29 is 70.6 Å². The number of aliphatic hydroxyl groups excluding tert-OH is 6. The molecule has 0 aromatic carbocycles. The third-order valence-corrected chi connectivity index (χ3v) is 7.04. The first-order valence-corrected chi connectivity index (χ1v) is 14.3. The molecule has 0 aromatic rings. The van der Waals surface area contributed by atoms with Crippen molar-refractivity contribution in [3.8, 4) is 0 Å². The Balaban J connectivity index is -0.000000240. The van der Waals surface area contributed by atoms with Crippen LogP contribution in [-0.2, 0) is 0 Å². The zero-order valence-electron chi connectivity index (χ0n) is 28.7. The monoisotopic (exact) mass is 719 g/mol. The van der Waals surface area contributed by atoms with Crippen LogP contribution < -0.4 is 0 Å². The molecule has 6 nitrogen and oxygen atoms in total. The minimum atomic E-state index is -0.554. The van der Waals surface area contributed by atoms with E-state index in [1.54, 1.807) is 0 Å². The largest absolute Gasteiger partial charge is 3.00 e. The van der Waals surface area contributed by atoms with Gasteiger partial charge in [0, 0.05) is 18.3 Å². The molecule has 6 atom stereocenters. The zero-order valence-corrected chi connectivity index (χ0v) is 31.0. The summed E-state index contributed by atoms with van der Waals surface area (Å²) in [5, 5.41) is 58.3. The number of aliphatic hydroxyl groups is 6. The van der Waals surface area contributed by atoms with Crippen LogP contribution in [0, 0.1) is 93.2 Å². The molecule has 7 heteroatoms. The molecular formula is C33H69GdO6. The van der Waals surface area contributed by atoms with Crippen molar-refractivity contribution in [2.75, 3.05) is 0 Å². The van der Waals surface area contributed by atoms with Crippen LogP contribution in [-0.4, -0.2) is 67.3 Å². The van der Waals surface area contributed by atoms with Crippen LogP contribution in [0.1, 0.15) is 123 Å². The third kappa shape index (κ3) is 23.5. The van der Waals surface area contributed by atoms with Gasteiger partial charge in [0.1, 0.15) is 0 Å². The van der Waals surface area contributed by atoms with Crippen LogP contribution >= 0.6 is 0 Å². The molecule has 0 aliphatic heterocycles. The predicted molar refractivity (Wildman–Crippen MR) is 166 cm³/mol. The fourth-order valence-electron chi connectivity index (χ4n) is 2.65. The summed E-state index contributed by atoms with van der Waals surface area (Å²) in [5.74, 6) is 0. The molecule has 0 heterocycles. The molecule has 0 bridgehead atoms. The molecule has 0 aliphatic rings. The first kappa shape index (κ1) is 48.0. The smallest absolute Gasteiger partial charge is 0.395 e. The Morgan fingerprint density at radius 1 is 0.350 bits per heavy atom. The molecule has 0 saturated carbocycles. The van der Waals surface area contributed by atoms with E-state index in [9.17, 15) is 30.6 Å². The van der Waals surface area contributed by atoms with Crippen molar-refractivity contribution in [1.29, 1.82) is 0 Å². The minimum Gasteiger partial charge on any atom is -0.395 e. The first-order valence-electron chi connectivity index (χ1n) is 14.3. The van der Waals surface area contributed by atoms with E-state index in [4.69, 9.17) is 0 Å². The molecule has 40 heavy (non-hydrogen) atoms. The Bertz CT molecular complexity index is 494. The van der Waals surface area contributed by atoms with Crippen LogP contribution in [0.3, 0.4) is 0 Å². The van der Waals surface area contributed by atoms with E-state index in [0.29, 0.717) is 19.3 Å². The van der Waals surface area contributed by atoms with Crippen LogP contribution in [0.2, 0.25) is 0 Å². The first-order chi connectivity index (χ1) is 16.6. The summed E-state index contributed by atoms with van der Waals surface area (Å²) in [4.78, 5) is 0. The Kier molecular flexibility index (Phi) is 21.8. The van der Waals surface area contributed by atoms with E-state index in [1.807, 2.05) is 104 Å². The summed E-state index contributed by atoms with van der Waals surface area (Å²) in [6.07, 6.45) is -1.94. The van der Waals surface area contributed by atoms with E-state index in [-0.39, 0.29) is 56.2 Å². The van der Waals surface area contributed by atoms with E-state index in [1.165, 1.54) is 0 Å². The van der Waals surface area contributed by atoms with Crippen molar-refractivity contribution in [2.45, 2.75) is 160 Å². The summed E-state index contributed by atoms with van der Waals surface area (Å²) < 4.78 is 0. The average molecular weight is 719 g/mol. The van der Waals surface area contributed by atoms with Gasteiger partial charge >= 0.3 is 39.9 Å². The van der Waals surface area contributed by atoms with Gasteiger partial charge in [-0.25, -0.2) is 0 Å². The number of rotatable bonds is 9. The van der Waals surface area contributed by atoms with Crippen molar-refractivity contribution in [2.24, 2.45) is 32.5 Å². The van der Waals surface area contributed by atoms with E-state index >= 15 is 0 Å². The summed E-state index contributed by atoms with van der Waals surface area (Å²) in [6, 6.07) is 0. The van der Waals surface area contributed by atoms with E-state index in [0.717, 1.165) is 0 Å². The SMILES string of the molecule is [CH2-]C(C)(C)C(O)CC(O)C(C)(C)C.[CH2-]C(C)(C)C(O)CC(O)C(C)(C)C.[CH2-]C(C)(C)C(O)CC(O)C(C)(C)C.[Gd+3]. The Morgan fingerprint density at radius 2 is 0.475 bits per heavy atom. The fourth-order valence-corrected chi connectivity index (χ4v) is 2.65. The van der Waals surface area contributed by atoms with Gasteiger partial charge < -0.3 is 51.4 Å². The molecule has 0 fully saturated rings. The van der Waals surface area contributed by atoms with Gasteiger partial charge in [-0.2, -0.15) is 0 Å². The second-order valence-electron chi connectivity index (χ2n) is 16.9. The van der Waals surface area contributed by atoms with Gasteiger partial charge in [-0.3, -0.25) is 0 Å². The molecule has 1 radical (unpaired) electrons. The molecule has 0 aromatic heterocycles. The Labute approximate surface area is 281 Å². The van der Waals surface area contributed by atoms with Crippen LogP contribution in [0.15, 0.2) is 0 Å². The topological polar surface area (TPSA) is 121 Å². The molecular weight excluding hydrogens is 650 g/mol. The summed E-state index contributed by atoms with van der Waals surface area (Å²) in [6.45, 7) is 40.4. The van der Waals surface area contributed by atoms with Gasteiger partial charge in [0.25, 0.3) is 0 Å². The van der Waals surface area contributed by atoms with Gasteiger partial charge in [0.2, 0.25) is 0 Å². The average Bonchev–Trinajstić information content (AvgIpc) is 2.64. The molecule has 0 aliphatic carbocycles. The zero-order chi connectivity index (χ0) is 32.6. The summed E-state index contributed by atoms with van der Waals surface area (Å²) in [5.41, 5.74) is -1.71. The Hall–Kier alpha value is 1.08. The predicted octanol–water partition coefficient (Wildman–Crippen LogP) is 6.01. The molecule has 0 rings (SSSR count).